The standard InChI is InChI=1S/C26H23Cl2N3OS/c27-21-9-8-20(16-22(21)28)31-24(17-23(29-31)25-7-4-14-33-25)26(32)30-12-10-19(11-13-30)15-18-5-2-1-3-6-18/h1-9,14,16-17,19H,10-13,15H2. The Bertz CT molecular complexity index is 1250. The largest absolute Gasteiger partial charge is 0.337 e. The number of nitrogens with zero attached hydrogens (tertiary/aromatic N) is 3. The van der Waals surface area contributed by atoms with Gasteiger partial charge in [-0.2, -0.15) is 5.10 Å². The van der Waals surface area contributed by atoms with Gasteiger partial charge in [0.25, 0.3) is 5.91 Å². The molecular weight excluding hydrogens is 473 g/mol. The van der Waals surface area contributed by atoms with Crippen LogP contribution in [0.2, 0.25) is 10.0 Å². The van der Waals surface area contributed by atoms with Crippen LogP contribution in [0, 0.1) is 5.92 Å². The van der Waals surface area contributed by atoms with Crippen LogP contribution < -0.4 is 0 Å². The lowest BCUT2D eigenvalue weighted by atomic mass is 9.90. The molecule has 168 valence electrons. The van der Waals surface area contributed by atoms with Crippen LogP contribution in [0.5, 0.6) is 0 Å². The van der Waals surface area contributed by atoms with E-state index in [0.29, 0.717) is 21.7 Å². The highest BCUT2D eigenvalue weighted by molar-refractivity contribution is 7.13. The molecule has 0 unspecified atom stereocenters. The highest BCUT2D eigenvalue weighted by atomic mass is 35.5. The first-order chi connectivity index (χ1) is 16.1. The molecule has 0 atom stereocenters. The van der Waals surface area contributed by atoms with Gasteiger partial charge in [0, 0.05) is 13.1 Å². The minimum Gasteiger partial charge on any atom is -0.337 e. The third-order valence-corrected chi connectivity index (χ3v) is 7.75. The second kappa shape index (κ2) is 9.72. The molecule has 2 aromatic carbocycles. The van der Waals surface area contributed by atoms with E-state index in [1.165, 1.54) is 5.56 Å². The number of hydrogen-bond donors (Lipinski definition) is 0. The quantitative estimate of drug-likeness (QED) is 0.298. The van der Waals surface area contributed by atoms with Crippen molar-refractivity contribution >= 4 is 40.4 Å². The Morgan fingerprint density at radius 2 is 1.76 bits per heavy atom. The SMILES string of the molecule is O=C(c1cc(-c2cccs2)nn1-c1ccc(Cl)c(Cl)c1)N1CCC(Cc2ccccc2)CC1. The summed E-state index contributed by atoms with van der Waals surface area (Å²) in [5.74, 6) is 0.590. The number of benzene rings is 2. The number of likely N-dealkylation sites (tertiary alicyclic amines) is 1. The first-order valence-corrected chi connectivity index (χ1v) is 12.6. The minimum atomic E-state index is -0.00506. The molecule has 5 rings (SSSR count). The molecule has 0 saturated carbocycles. The maximum atomic E-state index is 13.6. The zero-order chi connectivity index (χ0) is 22.8. The normalized spacial score (nSPS) is 14.5. The van der Waals surface area contributed by atoms with E-state index in [-0.39, 0.29) is 5.91 Å². The summed E-state index contributed by atoms with van der Waals surface area (Å²) in [4.78, 5) is 16.6. The van der Waals surface area contributed by atoms with Crippen molar-refractivity contribution in [1.29, 1.82) is 0 Å². The number of rotatable bonds is 5. The van der Waals surface area contributed by atoms with E-state index < -0.39 is 0 Å². The predicted molar refractivity (Wildman–Crippen MR) is 136 cm³/mol. The summed E-state index contributed by atoms with van der Waals surface area (Å²) >= 11 is 14.0. The molecule has 0 radical (unpaired) electrons. The van der Waals surface area contributed by atoms with E-state index in [4.69, 9.17) is 28.3 Å². The fraction of sp³-hybridized carbons (Fsp3) is 0.231. The van der Waals surface area contributed by atoms with Gasteiger partial charge in [0.2, 0.25) is 0 Å². The summed E-state index contributed by atoms with van der Waals surface area (Å²) < 4.78 is 1.69. The van der Waals surface area contributed by atoms with Crippen molar-refractivity contribution in [3.05, 3.63) is 93.4 Å². The van der Waals surface area contributed by atoms with Gasteiger partial charge in [-0.25, -0.2) is 4.68 Å². The van der Waals surface area contributed by atoms with Crippen LogP contribution >= 0.6 is 34.5 Å². The van der Waals surface area contributed by atoms with Crippen molar-refractivity contribution in [3.63, 3.8) is 0 Å². The number of hydrogen-bond acceptors (Lipinski definition) is 3. The van der Waals surface area contributed by atoms with Crippen LogP contribution in [0.4, 0.5) is 0 Å². The Labute approximate surface area is 207 Å². The molecule has 4 nitrogen and oxygen atoms in total. The molecule has 1 fully saturated rings. The Balaban J connectivity index is 1.38. The molecule has 1 amide bonds. The Morgan fingerprint density at radius 1 is 0.970 bits per heavy atom. The van der Waals surface area contributed by atoms with E-state index in [2.05, 4.69) is 24.3 Å². The summed E-state index contributed by atoms with van der Waals surface area (Å²) in [6.45, 7) is 1.49. The maximum absolute atomic E-state index is 13.6. The van der Waals surface area contributed by atoms with Gasteiger partial charge >= 0.3 is 0 Å². The lowest BCUT2D eigenvalue weighted by Gasteiger charge is -2.32. The second-order valence-electron chi connectivity index (χ2n) is 8.33. The molecule has 0 aliphatic carbocycles. The van der Waals surface area contributed by atoms with Crippen molar-refractivity contribution in [2.24, 2.45) is 5.92 Å². The highest BCUT2D eigenvalue weighted by Crippen LogP contribution is 2.30. The average Bonchev–Trinajstić information content (AvgIpc) is 3.52. The number of thiophene rings is 1. The fourth-order valence-corrected chi connectivity index (χ4v) is 5.32. The minimum absolute atomic E-state index is 0.00506. The number of aromatic nitrogens is 2. The second-order valence-corrected chi connectivity index (χ2v) is 10.1. The summed E-state index contributed by atoms with van der Waals surface area (Å²) in [6, 6.07) is 21.8. The number of carbonyl (C=O) groups excluding carboxylic acids is 1. The van der Waals surface area contributed by atoms with E-state index in [0.717, 1.165) is 48.6 Å². The van der Waals surface area contributed by atoms with Crippen LogP contribution in [0.3, 0.4) is 0 Å². The lowest BCUT2D eigenvalue weighted by Crippen LogP contribution is -2.39. The predicted octanol–water partition coefficient (Wildman–Crippen LogP) is 7.00. The van der Waals surface area contributed by atoms with Gasteiger partial charge in [0.15, 0.2) is 0 Å². The Kier molecular flexibility index (Phi) is 6.54. The maximum Gasteiger partial charge on any atom is 0.272 e. The smallest absolute Gasteiger partial charge is 0.272 e. The molecule has 3 heterocycles. The van der Waals surface area contributed by atoms with Gasteiger partial charge in [0.1, 0.15) is 11.4 Å². The molecule has 1 aliphatic rings. The number of amides is 1. The molecular formula is C26H23Cl2N3OS. The lowest BCUT2D eigenvalue weighted by molar-refractivity contribution is 0.0681. The Hall–Kier alpha value is -2.60. The van der Waals surface area contributed by atoms with Gasteiger partial charge in [-0.1, -0.05) is 59.6 Å². The molecule has 1 aliphatic heterocycles. The van der Waals surface area contributed by atoms with Crippen LogP contribution in [0.15, 0.2) is 72.1 Å². The molecule has 0 N–H and O–H groups in total. The van der Waals surface area contributed by atoms with Crippen molar-refractivity contribution in [2.75, 3.05) is 13.1 Å². The number of carbonyl (C=O) groups is 1. The van der Waals surface area contributed by atoms with E-state index in [9.17, 15) is 4.79 Å². The molecule has 33 heavy (non-hydrogen) atoms. The zero-order valence-electron chi connectivity index (χ0n) is 18.0. The first kappa shape index (κ1) is 22.2. The van der Waals surface area contributed by atoms with Gasteiger partial charge in [-0.05, 0) is 66.5 Å². The van der Waals surface area contributed by atoms with Crippen LogP contribution in [-0.4, -0.2) is 33.7 Å². The van der Waals surface area contributed by atoms with Crippen molar-refractivity contribution < 1.29 is 4.79 Å². The number of piperidine rings is 1. The van der Waals surface area contributed by atoms with E-state index in [1.807, 2.05) is 40.6 Å². The van der Waals surface area contributed by atoms with Crippen molar-refractivity contribution in [3.8, 4) is 16.3 Å². The molecule has 1 saturated heterocycles. The van der Waals surface area contributed by atoms with Crippen LogP contribution in [0.1, 0.15) is 28.9 Å². The van der Waals surface area contributed by atoms with Gasteiger partial charge in [0.05, 0.1) is 20.6 Å². The molecule has 7 heteroatoms. The summed E-state index contributed by atoms with van der Waals surface area (Å²) in [5, 5.41) is 7.67. The van der Waals surface area contributed by atoms with Gasteiger partial charge in [-0.15, -0.1) is 11.3 Å². The van der Waals surface area contributed by atoms with Gasteiger partial charge in [-0.3, -0.25) is 4.79 Å². The van der Waals surface area contributed by atoms with Crippen LogP contribution in [-0.2, 0) is 6.42 Å². The van der Waals surface area contributed by atoms with Crippen LogP contribution in [0.25, 0.3) is 16.3 Å². The van der Waals surface area contributed by atoms with Crippen molar-refractivity contribution in [2.45, 2.75) is 19.3 Å². The highest BCUT2D eigenvalue weighted by Gasteiger charge is 2.27. The molecule has 0 bridgehead atoms. The molecule has 2 aromatic heterocycles. The Morgan fingerprint density at radius 3 is 2.45 bits per heavy atom. The fourth-order valence-electron chi connectivity index (χ4n) is 4.34. The first-order valence-electron chi connectivity index (χ1n) is 11.0. The summed E-state index contributed by atoms with van der Waals surface area (Å²) in [6.07, 6.45) is 3.06. The summed E-state index contributed by atoms with van der Waals surface area (Å²) in [7, 11) is 0. The van der Waals surface area contributed by atoms with Crippen molar-refractivity contribution in [1.82, 2.24) is 14.7 Å². The van der Waals surface area contributed by atoms with E-state index in [1.54, 1.807) is 28.2 Å². The number of halogens is 2. The average molecular weight is 496 g/mol. The third kappa shape index (κ3) is 4.86. The monoisotopic (exact) mass is 495 g/mol. The third-order valence-electron chi connectivity index (χ3n) is 6.12. The zero-order valence-corrected chi connectivity index (χ0v) is 20.3. The summed E-state index contributed by atoms with van der Waals surface area (Å²) in [5.41, 5.74) is 3.40. The van der Waals surface area contributed by atoms with Gasteiger partial charge < -0.3 is 4.90 Å². The molecule has 4 aromatic rings. The van der Waals surface area contributed by atoms with E-state index >= 15 is 0 Å². The molecule has 0 spiro atoms. The topological polar surface area (TPSA) is 38.1 Å².